The van der Waals surface area contributed by atoms with E-state index in [1.165, 1.54) is 30.5 Å². The zero-order chi connectivity index (χ0) is 13.7. The summed E-state index contributed by atoms with van der Waals surface area (Å²) in [5.41, 5.74) is 2.22. The summed E-state index contributed by atoms with van der Waals surface area (Å²) in [5.74, 6) is -1.02. The number of nitrogens with zero attached hydrogens (tertiary/aromatic N) is 1. The van der Waals surface area contributed by atoms with E-state index in [1.54, 1.807) is 0 Å². The Morgan fingerprint density at radius 1 is 1.11 bits per heavy atom. The molecule has 0 saturated heterocycles. The van der Waals surface area contributed by atoms with Crippen LogP contribution in [0.4, 0.5) is 4.39 Å². The molecular weight excluding hydrogens is 245 g/mol. The van der Waals surface area contributed by atoms with Gasteiger partial charge in [0.05, 0.1) is 11.8 Å². The van der Waals surface area contributed by atoms with Crippen molar-refractivity contribution >= 4 is 12.2 Å². The lowest BCUT2D eigenvalue weighted by Crippen LogP contribution is -2.00. The second-order valence-corrected chi connectivity index (χ2v) is 4.03. The molecule has 0 fully saturated rings. The highest BCUT2D eigenvalue weighted by molar-refractivity contribution is 5.90. The number of carbonyl (C=O) groups is 1. The van der Waals surface area contributed by atoms with E-state index in [9.17, 15) is 9.18 Å². The molecule has 2 aromatic carbocycles. The minimum absolute atomic E-state index is 0.252. The van der Waals surface area contributed by atoms with Crippen LogP contribution in [0.25, 0.3) is 0 Å². The smallest absolute Gasteiger partial charge is 0.313 e. The van der Waals surface area contributed by atoms with Crippen LogP contribution in [0.1, 0.15) is 21.5 Å². The maximum atomic E-state index is 12.7. The van der Waals surface area contributed by atoms with Crippen LogP contribution in [-0.2, 0) is 4.84 Å². The van der Waals surface area contributed by atoms with Crippen molar-refractivity contribution in [2.45, 2.75) is 6.92 Å². The Morgan fingerprint density at radius 2 is 1.74 bits per heavy atom. The van der Waals surface area contributed by atoms with Crippen LogP contribution in [0.2, 0.25) is 0 Å². The topological polar surface area (TPSA) is 38.7 Å². The van der Waals surface area contributed by atoms with Gasteiger partial charge >= 0.3 is 5.97 Å². The van der Waals surface area contributed by atoms with E-state index in [0.29, 0.717) is 0 Å². The first kappa shape index (κ1) is 13.0. The molecule has 0 aromatic heterocycles. The van der Waals surface area contributed by atoms with Crippen molar-refractivity contribution < 1.29 is 14.0 Å². The second kappa shape index (κ2) is 5.91. The monoisotopic (exact) mass is 257 g/mol. The third kappa shape index (κ3) is 3.74. The quantitative estimate of drug-likeness (QED) is 0.480. The summed E-state index contributed by atoms with van der Waals surface area (Å²) in [4.78, 5) is 16.3. The number of hydrogen-bond donors (Lipinski definition) is 0. The lowest BCUT2D eigenvalue weighted by Gasteiger charge is -1.98. The third-order valence-corrected chi connectivity index (χ3v) is 2.49. The van der Waals surface area contributed by atoms with Crippen LogP contribution in [0.15, 0.2) is 53.7 Å². The fraction of sp³-hybridized carbons (Fsp3) is 0.0667. The van der Waals surface area contributed by atoms with Gasteiger partial charge in [0.2, 0.25) is 0 Å². The van der Waals surface area contributed by atoms with Gasteiger partial charge in [0.1, 0.15) is 5.82 Å². The molecule has 96 valence electrons. The van der Waals surface area contributed by atoms with Crippen LogP contribution in [0.5, 0.6) is 0 Å². The average molecular weight is 257 g/mol. The van der Waals surface area contributed by atoms with Gasteiger partial charge in [-0.1, -0.05) is 35.0 Å². The number of carbonyl (C=O) groups excluding carboxylic acids is 1. The molecule has 0 N–H and O–H groups in total. The van der Waals surface area contributed by atoms with Gasteiger partial charge < -0.3 is 4.84 Å². The molecule has 0 bridgehead atoms. The van der Waals surface area contributed by atoms with Gasteiger partial charge in [0.15, 0.2) is 0 Å². The van der Waals surface area contributed by atoms with Crippen molar-refractivity contribution in [3.05, 3.63) is 71.0 Å². The molecule has 3 nitrogen and oxygen atoms in total. The Morgan fingerprint density at radius 3 is 2.37 bits per heavy atom. The number of aryl methyl sites for hydroxylation is 1. The highest BCUT2D eigenvalue weighted by Gasteiger charge is 2.06. The first-order chi connectivity index (χ1) is 9.15. The van der Waals surface area contributed by atoms with Crippen LogP contribution in [0, 0.1) is 12.7 Å². The number of benzene rings is 2. The van der Waals surface area contributed by atoms with E-state index in [2.05, 4.69) is 5.16 Å². The van der Waals surface area contributed by atoms with Gasteiger partial charge in [-0.25, -0.2) is 9.18 Å². The molecule has 0 saturated carbocycles. The van der Waals surface area contributed by atoms with Gasteiger partial charge in [-0.15, -0.1) is 0 Å². The zero-order valence-electron chi connectivity index (χ0n) is 10.3. The predicted molar refractivity (Wildman–Crippen MR) is 70.6 cm³/mol. The van der Waals surface area contributed by atoms with Crippen LogP contribution in [0.3, 0.4) is 0 Å². The molecule has 19 heavy (non-hydrogen) atoms. The largest absolute Gasteiger partial charge is 0.365 e. The number of rotatable bonds is 3. The van der Waals surface area contributed by atoms with Crippen LogP contribution >= 0.6 is 0 Å². The maximum absolute atomic E-state index is 12.7. The molecule has 0 unspecified atom stereocenters. The van der Waals surface area contributed by atoms with Crippen molar-refractivity contribution in [3.63, 3.8) is 0 Å². The van der Waals surface area contributed by atoms with Crippen molar-refractivity contribution in [2.24, 2.45) is 5.16 Å². The van der Waals surface area contributed by atoms with Gasteiger partial charge in [-0.3, -0.25) is 0 Å². The Bertz CT molecular complexity index is 589. The highest BCUT2D eigenvalue weighted by atomic mass is 19.1. The average Bonchev–Trinajstić information content (AvgIpc) is 2.41. The second-order valence-electron chi connectivity index (χ2n) is 4.03. The maximum Gasteiger partial charge on any atom is 0.365 e. The van der Waals surface area contributed by atoms with E-state index in [1.807, 2.05) is 31.2 Å². The van der Waals surface area contributed by atoms with Crippen molar-refractivity contribution in [3.8, 4) is 0 Å². The molecule has 0 radical (unpaired) electrons. The predicted octanol–water partition coefficient (Wildman–Crippen LogP) is 3.33. The normalized spacial score (nSPS) is 10.6. The first-order valence-corrected chi connectivity index (χ1v) is 5.72. The van der Waals surface area contributed by atoms with Gasteiger partial charge in [0, 0.05) is 0 Å². The van der Waals surface area contributed by atoms with E-state index < -0.39 is 11.8 Å². The van der Waals surface area contributed by atoms with Crippen LogP contribution in [-0.4, -0.2) is 12.2 Å². The van der Waals surface area contributed by atoms with Crippen molar-refractivity contribution in [1.29, 1.82) is 0 Å². The van der Waals surface area contributed by atoms with Gasteiger partial charge in [-0.2, -0.15) is 0 Å². The van der Waals surface area contributed by atoms with E-state index in [-0.39, 0.29) is 5.56 Å². The molecular formula is C15H12FNO2. The fourth-order valence-corrected chi connectivity index (χ4v) is 1.43. The molecule has 0 amide bonds. The van der Waals surface area contributed by atoms with Crippen molar-refractivity contribution in [2.75, 3.05) is 0 Å². The number of oxime groups is 1. The lowest BCUT2D eigenvalue weighted by atomic mass is 10.2. The molecule has 0 aliphatic rings. The van der Waals surface area contributed by atoms with Gasteiger partial charge in [0.25, 0.3) is 0 Å². The van der Waals surface area contributed by atoms with Crippen molar-refractivity contribution in [1.82, 2.24) is 0 Å². The Kier molecular flexibility index (Phi) is 4.03. The minimum Gasteiger partial charge on any atom is -0.313 e. The molecule has 2 rings (SSSR count). The van der Waals surface area contributed by atoms with Gasteiger partial charge in [-0.05, 0) is 36.8 Å². The number of halogens is 1. The van der Waals surface area contributed by atoms with Crippen LogP contribution < -0.4 is 0 Å². The molecule has 0 heterocycles. The standard InChI is InChI=1S/C15H12FNO2/c1-11-2-4-12(5-3-11)10-17-19-15(18)13-6-8-14(16)9-7-13/h2-10H,1H3/b17-10-. The summed E-state index contributed by atoms with van der Waals surface area (Å²) in [6, 6.07) is 12.7. The summed E-state index contributed by atoms with van der Waals surface area (Å²) >= 11 is 0. The third-order valence-electron chi connectivity index (χ3n) is 2.49. The summed E-state index contributed by atoms with van der Waals surface area (Å²) in [5, 5.41) is 3.60. The Hall–Kier alpha value is -2.49. The Balaban J connectivity index is 1.96. The van der Waals surface area contributed by atoms with E-state index in [4.69, 9.17) is 4.84 Å². The Labute approximate surface area is 110 Å². The summed E-state index contributed by atoms with van der Waals surface area (Å²) in [6.45, 7) is 1.98. The summed E-state index contributed by atoms with van der Waals surface area (Å²) < 4.78 is 12.7. The molecule has 0 atom stereocenters. The molecule has 2 aromatic rings. The molecule has 0 aliphatic carbocycles. The zero-order valence-corrected chi connectivity index (χ0v) is 10.3. The molecule has 0 aliphatic heterocycles. The molecule has 4 heteroatoms. The fourth-order valence-electron chi connectivity index (χ4n) is 1.43. The number of hydrogen-bond acceptors (Lipinski definition) is 3. The molecule has 0 spiro atoms. The SMILES string of the molecule is Cc1ccc(/C=N\OC(=O)c2ccc(F)cc2)cc1. The lowest BCUT2D eigenvalue weighted by molar-refractivity contribution is 0.0519. The minimum atomic E-state index is -0.622. The van der Waals surface area contributed by atoms with E-state index in [0.717, 1.165) is 11.1 Å². The highest BCUT2D eigenvalue weighted by Crippen LogP contribution is 2.05. The summed E-state index contributed by atoms with van der Waals surface area (Å²) in [6.07, 6.45) is 1.45. The summed E-state index contributed by atoms with van der Waals surface area (Å²) in [7, 11) is 0. The van der Waals surface area contributed by atoms with E-state index >= 15 is 0 Å². The first-order valence-electron chi connectivity index (χ1n) is 5.72.